The molecule has 3 heterocycles. The molecule has 0 bridgehead atoms. The lowest BCUT2D eigenvalue weighted by molar-refractivity contribution is -0.116. The molecule has 0 aliphatic carbocycles. The SMILES string of the molecule is Cc1c(C(=O)OCC(C)C)sc2ncn(CC(=O)Nc3ccc(S(=O)(=O)N4CCCCC4)cc3)c(=O)c12. The Morgan fingerprint density at radius 2 is 1.81 bits per heavy atom. The van der Waals surface area contributed by atoms with Gasteiger partial charge in [-0.2, -0.15) is 4.31 Å². The molecule has 4 rings (SSSR count). The Morgan fingerprint density at radius 1 is 1.14 bits per heavy atom. The van der Waals surface area contributed by atoms with Crippen LogP contribution < -0.4 is 10.9 Å². The molecular weight excluding hydrogens is 516 g/mol. The largest absolute Gasteiger partial charge is 0.461 e. The molecular formula is C25H30N4O6S2. The predicted octanol–water partition coefficient (Wildman–Crippen LogP) is 3.39. The first kappa shape index (κ1) is 27.0. The normalized spacial score (nSPS) is 14.7. The molecule has 198 valence electrons. The number of carbonyl (C=O) groups excluding carboxylic acids is 2. The van der Waals surface area contributed by atoms with Crippen LogP contribution >= 0.6 is 11.3 Å². The van der Waals surface area contributed by atoms with Crippen molar-refractivity contribution >= 4 is 49.1 Å². The van der Waals surface area contributed by atoms with Crippen LogP contribution in [0.5, 0.6) is 0 Å². The Hall–Kier alpha value is -3.09. The van der Waals surface area contributed by atoms with Crippen molar-refractivity contribution in [3.63, 3.8) is 0 Å². The number of hydrogen-bond acceptors (Lipinski definition) is 8. The Labute approximate surface area is 219 Å². The molecule has 1 aliphatic heterocycles. The summed E-state index contributed by atoms with van der Waals surface area (Å²) in [6.07, 6.45) is 4.00. The molecule has 0 atom stereocenters. The van der Waals surface area contributed by atoms with E-state index in [0.717, 1.165) is 30.6 Å². The fourth-order valence-corrected chi connectivity index (χ4v) is 6.64. The monoisotopic (exact) mass is 546 g/mol. The van der Waals surface area contributed by atoms with Gasteiger partial charge in [0, 0.05) is 18.8 Å². The van der Waals surface area contributed by atoms with E-state index >= 15 is 0 Å². The molecule has 12 heteroatoms. The number of fused-ring (bicyclic) bond motifs is 1. The third-order valence-electron chi connectivity index (χ3n) is 6.06. The van der Waals surface area contributed by atoms with E-state index in [1.807, 2.05) is 13.8 Å². The van der Waals surface area contributed by atoms with Crippen molar-refractivity contribution in [3.05, 3.63) is 51.4 Å². The summed E-state index contributed by atoms with van der Waals surface area (Å²) in [4.78, 5) is 43.3. The van der Waals surface area contributed by atoms with Gasteiger partial charge in [0.2, 0.25) is 15.9 Å². The zero-order valence-corrected chi connectivity index (χ0v) is 22.7. The highest BCUT2D eigenvalue weighted by atomic mass is 32.2. The van der Waals surface area contributed by atoms with Crippen molar-refractivity contribution in [2.24, 2.45) is 5.92 Å². The van der Waals surface area contributed by atoms with Crippen LogP contribution in [0.15, 0.2) is 40.3 Å². The first-order valence-corrected chi connectivity index (χ1v) is 14.4. The highest BCUT2D eigenvalue weighted by Crippen LogP contribution is 2.27. The van der Waals surface area contributed by atoms with Gasteiger partial charge in [-0.25, -0.2) is 18.2 Å². The van der Waals surface area contributed by atoms with Crippen molar-refractivity contribution in [1.29, 1.82) is 0 Å². The summed E-state index contributed by atoms with van der Waals surface area (Å²) in [5.74, 6) is -0.786. The molecule has 1 saturated heterocycles. The molecule has 3 aromatic rings. The minimum Gasteiger partial charge on any atom is -0.461 e. The number of thiophene rings is 1. The van der Waals surface area contributed by atoms with Crippen LogP contribution in [0.2, 0.25) is 0 Å². The Kier molecular flexibility index (Phi) is 8.10. The van der Waals surface area contributed by atoms with E-state index in [1.165, 1.54) is 39.5 Å². The molecule has 1 amide bonds. The van der Waals surface area contributed by atoms with Gasteiger partial charge < -0.3 is 10.1 Å². The van der Waals surface area contributed by atoms with Crippen LogP contribution in [-0.4, -0.2) is 53.8 Å². The summed E-state index contributed by atoms with van der Waals surface area (Å²) < 4.78 is 33.6. The fourth-order valence-electron chi connectivity index (χ4n) is 4.09. The van der Waals surface area contributed by atoms with Gasteiger partial charge in [-0.15, -0.1) is 11.3 Å². The molecule has 0 saturated carbocycles. The average molecular weight is 547 g/mol. The van der Waals surface area contributed by atoms with Gasteiger partial charge >= 0.3 is 5.97 Å². The van der Waals surface area contributed by atoms with Gasteiger partial charge in [-0.3, -0.25) is 14.2 Å². The number of benzene rings is 1. The number of esters is 1. The van der Waals surface area contributed by atoms with E-state index in [0.29, 0.717) is 34.0 Å². The maximum absolute atomic E-state index is 13.1. The van der Waals surface area contributed by atoms with Crippen molar-refractivity contribution in [3.8, 4) is 0 Å². The Bertz CT molecular complexity index is 1470. The number of ether oxygens (including phenoxy) is 1. The lowest BCUT2D eigenvalue weighted by atomic mass is 10.2. The van der Waals surface area contributed by atoms with E-state index in [2.05, 4.69) is 10.3 Å². The number of sulfonamides is 1. The molecule has 0 spiro atoms. The zero-order valence-electron chi connectivity index (χ0n) is 21.0. The summed E-state index contributed by atoms with van der Waals surface area (Å²) in [6.45, 7) is 6.53. The maximum Gasteiger partial charge on any atom is 0.348 e. The topological polar surface area (TPSA) is 128 Å². The van der Waals surface area contributed by atoms with Gasteiger partial charge in [0.25, 0.3) is 5.56 Å². The second-order valence-corrected chi connectivity index (χ2v) is 12.4. The van der Waals surface area contributed by atoms with E-state index in [-0.39, 0.29) is 29.4 Å². The molecule has 37 heavy (non-hydrogen) atoms. The molecule has 1 aromatic carbocycles. The highest BCUT2D eigenvalue weighted by molar-refractivity contribution is 7.89. The molecule has 1 N–H and O–H groups in total. The van der Waals surface area contributed by atoms with Gasteiger partial charge in [0.05, 0.1) is 23.2 Å². The third-order valence-corrected chi connectivity index (χ3v) is 9.15. The quantitative estimate of drug-likeness (QED) is 0.429. The van der Waals surface area contributed by atoms with Crippen molar-refractivity contribution in [2.75, 3.05) is 25.0 Å². The number of carbonyl (C=O) groups is 2. The van der Waals surface area contributed by atoms with E-state index in [1.54, 1.807) is 6.92 Å². The molecule has 2 aromatic heterocycles. The minimum atomic E-state index is -3.56. The first-order chi connectivity index (χ1) is 17.6. The van der Waals surface area contributed by atoms with Crippen LogP contribution in [0.1, 0.15) is 48.3 Å². The lowest BCUT2D eigenvalue weighted by Gasteiger charge is -2.25. The second kappa shape index (κ2) is 11.1. The lowest BCUT2D eigenvalue weighted by Crippen LogP contribution is -2.35. The van der Waals surface area contributed by atoms with Crippen LogP contribution in [0.3, 0.4) is 0 Å². The number of piperidine rings is 1. The fraction of sp³-hybridized carbons (Fsp3) is 0.440. The number of nitrogens with one attached hydrogen (secondary N) is 1. The number of anilines is 1. The maximum atomic E-state index is 13.1. The van der Waals surface area contributed by atoms with Gasteiger partial charge in [0.15, 0.2) is 0 Å². The number of hydrogen-bond donors (Lipinski definition) is 1. The number of rotatable bonds is 8. The number of aromatic nitrogens is 2. The number of aryl methyl sites for hydroxylation is 1. The summed E-state index contributed by atoms with van der Waals surface area (Å²) in [5, 5.41) is 2.96. The smallest absolute Gasteiger partial charge is 0.348 e. The Morgan fingerprint density at radius 3 is 2.46 bits per heavy atom. The van der Waals surface area contributed by atoms with Gasteiger partial charge in [-0.1, -0.05) is 20.3 Å². The molecule has 0 radical (unpaired) electrons. The number of nitrogens with zero attached hydrogens (tertiary/aromatic N) is 3. The van der Waals surface area contributed by atoms with Crippen LogP contribution in [0, 0.1) is 12.8 Å². The summed E-state index contributed by atoms with van der Waals surface area (Å²) in [7, 11) is -3.56. The van der Waals surface area contributed by atoms with E-state index in [9.17, 15) is 22.8 Å². The second-order valence-electron chi connectivity index (χ2n) is 9.44. The van der Waals surface area contributed by atoms with Crippen LogP contribution in [-0.2, 0) is 26.1 Å². The minimum absolute atomic E-state index is 0.175. The summed E-state index contributed by atoms with van der Waals surface area (Å²) in [6, 6.07) is 5.98. The molecule has 1 fully saturated rings. The van der Waals surface area contributed by atoms with Crippen LogP contribution in [0.4, 0.5) is 5.69 Å². The van der Waals surface area contributed by atoms with Gasteiger partial charge in [0.1, 0.15) is 16.3 Å². The van der Waals surface area contributed by atoms with Crippen molar-refractivity contribution in [1.82, 2.24) is 13.9 Å². The van der Waals surface area contributed by atoms with E-state index in [4.69, 9.17) is 4.74 Å². The standard InChI is InChI=1S/C25H30N4O6S2/c1-16(2)14-35-25(32)22-17(3)21-23(36-22)26-15-28(24(21)31)13-20(30)27-18-7-9-19(10-8-18)37(33,34)29-11-5-4-6-12-29/h7-10,15-16H,4-6,11-14H2,1-3H3,(H,27,30). The van der Waals surface area contributed by atoms with Gasteiger partial charge in [-0.05, 0) is 55.5 Å². The van der Waals surface area contributed by atoms with Crippen molar-refractivity contribution in [2.45, 2.75) is 51.5 Å². The molecule has 0 unspecified atom stereocenters. The zero-order chi connectivity index (χ0) is 26.7. The molecule has 10 nitrogen and oxygen atoms in total. The average Bonchev–Trinajstić information content (AvgIpc) is 3.22. The Balaban J connectivity index is 1.46. The predicted molar refractivity (Wildman–Crippen MR) is 141 cm³/mol. The molecule has 1 aliphatic rings. The first-order valence-electron chi connectivity index (χ1n) is 12.1. The summed E-state index contributed by atoms with van der Waals surface area (Å²) in [5.41, 5.74) is 0.456. The third kappa shape index (κ3) is 5.91. The van der Waals surface area contributed by atoms with Crippen molar-refractivity contribution < 1.29 is 22.7 Å². The van der Waals surface area contributed by atoms with E-state index < -0.39 is 27.5 Å². The summed E-state index contributed by atoms with van der Waals surface area (Å²) >= 11 is 1.09. The highest BCUT2D eigenvalue weighted by Gasteiger charge is 2.26. The van der Waals surface area contributed by atoms with Crippen LogP contribution in [0.25, 0.3) is 10.2 Å². The number of amides is 1.